The van der Waals surface area contributed by atoms with E-state index in [2.05, 4.69) is 15.2 Å². The van der Waals surface area contributed by atoms with Gasteiger partial charge in [0.1, 0.15) is 0 Å². The SMILES string of the molecule is CCOC(=O)c1nnc2ncc(Cl)cn12. The van der Waals surface area contributed by atoms with E-state index in [0.717, 1.165) is 0 Å². The molecule has 0 bridgehead atoms. The molecule has 15 heavy (non-hydrogen) atoms. The number of ether oxygens (including phenoxy) is 1. The second-order valence-corrected chi connectivity index (χ2v) is 3.12. The molecule has 7 heteroatoms. The van der Waals surface area contributed by atoms with Crippen LogP contribution in [0.2, 0.25) is 5.02 Å². The molecule has 0 aliphatic carbocycles. The summed E-state index contributed by atoms with van der Waals surface area (Å²) in [7, 11) is 0. The number of halogens is 1. The molecule has 2 aromatic rings. The van der Waals surface area contributed by atoms with E-state index in [4.69, 9.17) is 16.3 Å². The second-order valence-electron chi connectivity index (χ2n) is 2.69. The molecule has 0 saturated heterocycles. The maximum atomic E-state index is 11.4. The largest absolute Gasteiger partial charge is 0.460 e. The van der Waals surface area contributed by atoms with E-state index in [0.29, 0.717) is 10.8 Å². The van der Waals surface area contributed by atoms with Gasteiger partial charge in [-0.15, -0.1) is 10.2 Å². The molecule has 0 aromatic carbocycles. The van der Waals surface area contributed by atoms with Crippen LogP contribution in [0.5, 0.6) is 0 Å². The Morgan fingerprint density at radius 1 is 1.60 bits per heavy atom. The van der Waals surface area contributed by atoms with Crippen molar-refractivity contribution in [2.24, 2.45) is 0 Å². The van der Waals surface area contributed by atoms with Crippen molar-refractivity contribution < 1.29 is 9.53 Å². The molecule has 0 fully saturated rings. The van der Waals surface area contributed by atoms with Crippen molar-refractivity contribution in [1.29, 1.82) is 0 Å². The van der Waals surface area contributed by atoms with Gasteiger partial charge >= 0.3 is 5.97 Å². The quantitative estimate of drug-likeness (QED) is 0.714. The van der Waals surface area contributed by atoms with Gasteiger partial charge in [0.2, 0.25) is 5.82 Å². The minimum Gasteiger partial charge on any atom is -0.460 e. The smallest absolute Gasteiger partial charge is 0.376 e. The first-order valence-electron chi connectivity index (χ1n) is 4.25. The highest BCUT2D eigenvalue weighted by Gasteiger charge is 2.15. The van der Waals surface area contributed by atoms with Gasteiger partial charge in [-0.2, -0.15) is 0 Å². The maximum absolute atomic E-state index is 11.4. The molecule has 6 nitrogen and oxygen atoms in total. The summed E-state index contributed by atoms with van der Waals surface area (Å²) in [5.41, 5.74) is 0. The lowest BCUT2D eigenvalue weighted by Gasteiger charge is -1.99. The third-order valence-corrected chi connectivity index (χ3v) is 1.89. The fourth-order valence-corrected chi connectivity index (χ4v) is 1.25. The minimum atomic E-state index is -0.547. The molecule has 0 unspecified atom stereocenters. The Balaban J connectivity index is 2.52. The highest BCUT2D eigenvalue weighted by molar-refractivity contribution is 6.30. The van der Waals surface area contributed by atoms with E-state index in [-0.39, 0.29) is 12.4 Å². The van der Waals surface area contributed by atoms with Gasteiger partial charge < -0.3 is 4.74 Å². The van der Waals surface area contributed by atoms with E-state index in [9.17, 15) is 4.79 Å². The first-order valence-corrected chi connectivity index (χ1v) is 4.63. The zero-order valence-corrected chi connectivity index (χ0v) is 8.60. The molecule has 0 aliphatic heterocycles. The summed E-state index contributed by atoms with van der Waals surface area (Å²) in [5, 5.41) is 7.77. The molecular weight excluding hydrogens is 220 g/mol. The van der Waals surface area contributed by atoms with Crippen molar-refractivity contribution in [2.75, 3.05) is 6.61 Å². The van der Waals surface area contributed by atoms with Crippen LogP contribution < -0.4 is 0 Å². The van der Waals surface area contributed by atoms with Crippen LogP contribution in [-0.4, -0.2) is 32.2 Å². The lowest BCUT2D eigenvalue weighted by molar-refractivity contribution is 0.0510. The van der Waals surface area contributed by atoms with Crippen LogP contribution in [0.15, 0.2) is 12.4 Å². The topological polar surface area (TPSA) is 69.4 Å². The average molecular weight is 227 g/mol. The highest BCUT2D eigenvalue weighted by atomic mass is 35.5. The van der Waals surface area contributed by atoms with Gasteiger partial charge in [0.25, 0.3) is 5.78 Å². The fourth-order valence-electron chi connectivity index (χ4n) is 1.10. The van der Waals surface area contributed by atoms with Gasteiger partial charge in [-0.05, 0) is 6.92 Å². The third kappa shape index (κ3) is 1.75. The number of fused-ring (bicyclic) bond motifs is 1. The van der Waals surface area contributed by atoms with Gasteiger partial charge in [0, 0.05) is 6.20 Å². The first-order chi connectivity index (χ1) is 7.22. The van der Waals surface area contributed by atoms with Crippen molar-refractivity contribution in [3.05, 3.63) is 23.2 Å². The molecule has 2 aromatic heterocycles. The Morgan fingerprint density at radius 3 is 3.13 bits per heavy atom. The average Bonchev–Trinajstić information content (AvgIpc) is 2.60. The van der Waals surface area contributed by atoms with Crippen LogP contribution in [0.1, 0.15) is 17.5 Å². The normalized spacial score (nSPS) is 10.5. The molecule has 0 spiro atoms. The van der Waals surface area contributed by atoms with E-state index in [1.807, 2.05) is 0 Å². The number of hydrogen-bond donors (Lipinski definition) is 0. The molecule has 0 saturated carbocycles. The predicted octanol–water partition coefficient (Wildman–Crippen LogP) is 0.954. The molecule has 0 atom stereocenters. The molecule has 0 N–H and O–H groups in total. The van der Waals surface area contributed by atoms with Crippen LogP contribution in [0.4, 0.5) is 0 Å². The summed E-state index contributed by atoms with van der Waals surface area (Å²) in [6, 6.07) is 0. The summed E-state index contributed by atoms with van der Waals surface area (Å²) in [6.07, 6.45) is 2.94. The molecular formula is C8H7ClN4O2. The number of aromatic nitrogens is 4. The molecule has 0 amide bonds. The zero-order valence-electron chi connectivity index (χ0n) is 7.85. The maximum Gasteiger partial charge on any atom is 0.376 e. The van der Waals surface area contributed by atoms with Crippen LogP contribution >= 0.6 is 11.6 Å². The fraction of sp³-hybridized carbons (Fsp3) is 0.250. The lowest BCUT2D eigenvalue weighted by Crippen LogP contribution is -2.09. The van der Waals surface area contributed by atoms with E-state index in [1.165, 1.54) is 16.8 Å². The van der Waals surface area contributed by atoms with Crippen LogP contribution in [-0.2, 0) is 4.74 Å². The van der Waals surface area contributed by atoms with Crippen molar-refractivity contribution in [3.63, 3.8) is 0 Å². The molecule has 0 radical (unpaired) electrons. The van der Waals surface area contributed by atoms with E-state index in [1.54, 1.807) is 6.92 Å². The Hall–Kier alpha value is -1.69. The van der Waals surface area contributed by atoms with Gasteiger partial charge in [-0.25, -0.2) is 9.78 Å². The molecule has 78 valence electrons. The number of carbonyl (C=O) groups excluding carboxylic acids is 1. The van der Waals surface area contributed by atoms with Crippen molar-refractivity contribution in [2.45, 2.75) is 6.92 Å². The Bertz CT molecular complexity index is 510. The number of hydrogen-bond acceptors (Lipinski definition) is 5. The molecule has 2 rings (SSSR count). The summed E-state index contributed by atoms with van der Waals surface area (Å²) in [4.78, 5) is 15.3. The van der Waals surface area contributed by atoms with Crippen molar-refractivity contribution >= 4 is 23.3 Å². The number of carbonyl (C=O) groups is 1. The standard InChI is InChI=1S/C8H7ClN4O2/c1-2-15-7(14)6-11-12-8-10-3-5(9)4-13(6)8/h3-4H,2H2,1H3. The number of esters is 1. The number of rotatable bonds is 2. The monoisotopic (exact) mass is 226 g/mol. The van der Waals surface area contributed by atoms with Gasteiger partial charge in [0.05, 0.1) is 17.8 Å². The van der Waals surface area contributed by atoms with Crippen LogP contribution in [0.25, 0.3) is 5.78 Å². The first kappa shape index (κ1) is 9.85. The predicted molar refractivity (Wildman–Crippen MR) is 51.7 cm³/mol. The van der Waals surface area contributed by atoms with Crippen molar-refractivity contribution in [1.82, 2.24) is 19.6 Å². The van der Waals surface area contributed by atoms with Gasteiger partial charge in [0.15, 0.2) is 0 Å². The minimum absolute atomic E-state index is 0.0712. The second kappa shape index (κ2) is 3.82. The van der Waals surface area contributed by atoms with Crippen LogP contribution in [0, 0.1) is 0 Å². The summed E-state index contributed by atoms with van der Waals surface area (Å²) in [6.45, 7) is 1.99. The van der Waals surface area contributed by atoms with Crippen molar-refractivity contribution in [3.8, 4) is 0 Å². The van der Waals surface area contributed by atoms with Crippen LogP contribution in [0.3, 0.4) is 0 Å². The Morgan fingerprint density at radius 2 is 2.40 bits per heavy atom. The lowest BCUT2D eigenvalue weighted by atomic mass is 10.6. The Kier molecular flexibility index (Phi) is 2.51. The summed E-state index contributed by atoms with van der Waals surface area (Å²) < 4.78 is 6.19. The van der Waals surface area contributed by atoms with Gasteiger partial charge in [-0.3, -0.25) is 4.40 Å². The van der Waals surface area contributed by atoms with Gasteiger partial charge in [-0.1, -0.05) is 11.6 Å². The van der Waals surface area contributed by atoms with E-state index >= 15 is 0 Å². The highest BCUT2D eigenvalue weighted by Crippen LogP contribution is 2.09. The third-order valence-electron chi connectivity index (χ3n) is 1.69. The van der Waals surface area contributed by atoms with E-state index < -0.39 is 5.97 Å². The molecule has 0 aliphatic rings. The Labute approximate surface area is 89.9 Å². The summed E-state index contributed by atoms with van der Waals surface area (Å²) in [5.74, 6) is -0.168. The number of nitrogens with zero attached hydrogens (tertiary/aromatic N) is 4. The zero-order chi connectivity index (χ0) is 10.8. The summed E-state index contributed by atoms with van der Waals surface area (Å²) >= 11 is 5.74. The molecule has 2 heterocycles.